The van der Waals surface area contributed by atoms with Crippen molar-refractivity contribution in [1.29, 1.82) is 0 Å². The number of anilines is 1. The van der Waals surface area contributed by atoms with Gasteiger partial charge in [0.2, 0.25) is 5.91 Å². The van der Waals surface area contributed by atoms with Crippen molar-refractivity contribution in [2.45, 2.75) is 26.1 Å². The van der Waals surface area contributed by atoms with Crippen LogP contribution in [0.2, 0.25) is 0 Å². The van der Waals surface area contributed by atoms with Crippen LogP contribution in [0.4, 0.5) is 18.3 Å². The number of carbonyl (C=O) groups is 1. The first-order valence-corrected chi connectivity index (χ1v) is 7.76. The monoisotopic (exact) mass is 379 g/mol. The van der Waals surface area contributed by atoms with Gasteiger partial charge in [0, 0.05) is 17.0 Å². The Hall–Kier alpha value is -1.64. The average Bonchev–Trinajstić information content (AvgIpc) is 2.94. The molecular weight excluding hydrogens is 363 g/mol. The summed E-state index contributed by atoms with van der Waals surface area (Å²) >= 11 is 1.15. The van der Waals surface area contributed by atoms with Gasteiger partial charge in [0.25, 0.3) is 0 Å². The second kappa shape index (κ2) is 7.96. The third-order valence-corrected chi connectivity index (χ3v) is 4.18. The van der Waals surface area contributed by atoms with Gasteiger partial charge >= 0.3 is 6.18 Å². The van der Waals surface area contributed by atoms with Crippen LogP contribution in [0.1, 0.15) is 19.4 Å². The fourth-order valence-corrected chi connectivity index (χ4v) is 2.50. The van der Waals surface area contributed by atoms with E-state index in [1.54, 1.807) is 25.3 Å². The van der Waals surface area contributed by atoms with Crippen LogP contribution in [-0.2, 0) is 11.0 Å². The van der Waals surface area contributed by atoms with Gasteiger partial charge in [0.15, 0.2) is 5.13 Å². The highest BCUT2D eigenvalue weighted by atomic mass is 35.5. The van der Waals surface area contributed by atoms with E-state index in [4.69, 9.17) is 5.73 Å². The molecule has 2 aromatic rings. The molecule has 1 aromatic carbocycles. The summed E-state index contributed by atoms with van der Waals surface area (Å²) in [5.41, 5.74) is 5.65. The first-order chi connectivity index (χ1) is 10.7. The maximum absolute atomic E-state index is 12.7. The second-order valence-corrected chi connectivity index (χ2v) is 6.11. The molecule has 1 aromatic heterocycles. The molecule has 0 spiro atoms. The Morgan fingerprint density at radius 3 is 2.58 bits per heavy atom. The molecule has 1 amide bonds. The fraction of sp³-hybridized carbons (Fsp3) is 0.333. The van der Waals surface area contributed by atoms with Crippen LogP contribution in [0.25, 0.3) is 11.3 Å². The van der Waals surface area contributed by atoms with Crippen molar-refractivity contribution in [2.75, 3.05) is 5.32 Å². The van der Waals surface area contributed by atoms with Crippen molar-refractivity contribution in [3.8, 4) is 11.3 Å². The smallest absolute Gasteiger partial charge is 0.327 e. The van der Waals surface area contributed by atoms with E-state index in [9.17, 15) is 18.0 Å². The Morgan fingerprint density at radius 1 is 1.33 bits per heavy atom. The molecule has 0 aliphatic carbocycles. The molecule has 3 N–H and O–H groups in total. The molecule has 4 nitrogen and oxygen atoms in total. The van der Waals surface area contributed by atoms with Gasteiger partial charge in [-0.05, 0) is 19.1 Å². The molecule has 0 saturated heterocycles. The molecule has 0 bridgehead atoms. The van der Waals surface area contributed by atoms with E-state index in [0.717, 1.165) is 23.5 Å². The Morgan fingerprint density at radius 2 is 2.00 bits per heavy atom. The zero-order chi connectivity index (χ0) is 17.2. The molecule has 9 heteroatoms. The summed E-state index contributed by atoms with van der Waals surface area (Å²) in [4.78, 5) is 16.1. The molecule has 2 atom stereocenters. The van der Waals surface area contributed by atoms with E-state index < -0.39 is 17.7 Å². The highest BCUT2D eigenvalue weighted by molar-refractivity contribution is 7.14. The highest BCUT2D eigenvalue weighted by Gasteiger charge is 2.30. The maximum Gasteiger partial charge on any atom is 0.416 e. The molecule has 0 radical (unpaired) electrons. The molecule has 2 rings (SSSR count). The van der Waals surface area contributed by atoms with Crippen molar-refractivity contribution in [1.82, 2.24) is 4.98 Å². The molecule has 0 aliphatic heterocycles. The first-order valence-electron chi connectivity index (χ1n) is 6.88. The lowest BCUT2D eigenvalue weighted by atomic mass is 10.0. The second-order valence-electron chi connectivity index (χ2n) is 5.25. The number of rotatable bonds is 4. The van der Waals surface area contributed by atoms with Gasteiger partial charge < -0.3 is 11.1 Å². The van der Waals surface area contributed by atoms with Gasteiger partial charge in [0.1, 0.15) is 0 Å². The van der Waals surface area contributed by atoms with E-state index in [2.05, 4.69) is 10.3 Å². The van der Waals surface area contributed by atoms with E-state index in [0.29, 0.717) is 16.4 Å². The van der Waals surface area contributed by atoms with Gasteiger partial charge in [-0.2, -0.15) is 13.2 Å². The standard InChI is InChI=1S/C15H16F3N3OS.ClH/c1-8(9(2)19)13(22)21-14-20-12(7-23-14)10-4-3-5-11(6-10)15(16,17)18;/h3-9H,19H2,1-2H3,(H,20,21,22);1H. The van der Waals surface area contributed by atoms with Crippen LogP contribution in [0.3, 0.4) is 0 Å². The summed E-state index contributed by atoms with van der Waals surface area (Å²) in [7, 11) is 0. The van der Waals surface area contributed by atoms with Crippen LogP contribution in [0.15, 0.2) is 29.6 Å². The van der Waals surface area contributed by atoms with Gasteiger partial charge in [-0.3, -0.25) is 4.79 Å². The Labute approximate surface area is 147 Å². The lowest BCUT2D eigenvalue weighted by molar-refractivity contribution is -0.137. The minimum absolute atomic E-state index is 0. The zero-order valence-corrected chi connectivity index (χ0v) is 14.6. The van der Waals surface area contributed by atoms with Crippen molar-refractivity contribution in [3.05, 3.63) is 35.2 Å². The van der Waals surface area contributed by atoms with E-state index in [-0.39, 0.29) is 24.4 Å². The summed E-state index contributed by atoms with van der Waals surface area (Å²) in [5, 5.41) is 4.55. The number of nitrogens with two attached hydrogens (primary N) is 1. The highest BCUT2D eigenvalue weighted by Crippen LogP contribution is 2.33. The van der Waals surface area contributed by atoms with Crippen molar-refractivity contribution < 1.29 is 18.0 Å². The molecule has 24 heavy (non-hydrogen) atoms. The molecule has 2 unspecified atom stereocenters. The maximum atomic E-state index is 12.7. The van der Waals surface area contributed by atoms with Crippen LogP contribution in [0.5, 0.6) is 0 Å². The predicted octanol–water partition coefficient (Wildman–Crippen LogP) is 4.17. The van der Waals surface area contributed by atoms with E-state index in [1.165, 1.54) is 6.07 Å². The van der Waals surface area contributed by atoms with Crippen molar-refractivity contribution >= 4 is 34.8 Å². The number of hydrogen-bond acceptors (Lipinski definition) is 4. The minimum Gasteiger partial charge on any atom is -0.327 e. The van der Waals surface area contributed by atoms with Crippen molar-refractivity contribution in [3.63, 3.8) is 0 Å². The van der Waals surface area contributed by atoms with Crippen LogP contribution in [-0.4, -0.2) is 16.9 Å². The molecule has 0 aliphatic rings. The average molecular weight is 380 g/mol. The number of nitrogens with one attached hydrogen (secondary N) is 1. The topological polar surface area (TPSA) is 68.0 Å². The molecule has 0 saturated carbocycles. The lowest BCUT2D eigenvalue weighted by Crippen LogP contribution is -2.34. The van der Waals surface area contributed by atoms with Gasteiger partial charge in [-0.25, -0.2) is 4.98 Å². The number of halogens is 4. The Bertz CT molecular complexity index is 703. The van der Waals surface area contributed by atoms with E-state index >= 15 is 0 Å². The fourth-order valence-electron chi connectivity index (χ4n) is 1.78. The summed E-state index contributed by atoms with van der Waals surface area (Å²) in [6, 6.07) is 4.60. The Kier molecular flexibility index (Phi) is 6.76. The number of carbonyl (C=O) groups excluding carboxylic acids is 1. The zero-order valence-electron chi connectivity index (χ0n) is 12.9. The number of hydrogen-bond donors (Lipinski definition) is 2. The summed E-state index contributed by atoms with van der Waals surface area (Å²) in [6.07, 6.45) is -4.41. The third kappa shape index (κ3) is 4.93. The normalized spacial score (nSPS) is 13.8. The predicted molar refractivity (Wildman–Crippen MR) is 91.2 cm³/mol. The summed E-state index contributed by atoms with van der Waals surface area (Å²) in [5.74, 6) is -0.666. The number of aromatic nitrogens is 1. The first kappa shape index (κ1) is 20.4. The number of thiazole rings is 1. The van der Waals surface area contributed by atoms with Crippen LogP contribution < -0.4 is 11.1 Å². The van der Waals surface area contributed by atoms with Gasteiger partial charge in [-0.15, -0.1) is 23.7 Å². The summed E-state index contributed by atoms with van der Waals surface area (Å²) < 4.78 is 38.2. The lowest BCUT2D eigenvalue weighted by Gasteiger charge is -2.13. The van der Waals surface area contributed by atoms with Gasteiger partial charge in [0.05, 0.1) is 17.2 Å². The van der Waals surface area contributed by atoms with Gasteiger partial charge in [-0.1, -0.05) is 19.1 Å². The molecule has 0 fully saturated rings. The van der Waals surface area contributed by atoms with Crippen LogP contribution in [0, 0.1) is 5.92 Å². The van der Waals surface area contributed by atoms with Crippen molar-refractivity contribution in [2.24, 2.45) is 11.7 Å². The van der Waals surface area contributed by atoms with E-state index in [1.807, 2.05) is 0 Å². The number of alkyl halides is 3. The molecule has 132 valence electrons. The number of nitrogens with zero attached hydrogens (tertiary/aromatic N) is 1. The molecule has 1 heterocycles. The number of benzene rings is 1. The molecular formula is C15H17ClF3N3OS. The SMILES string of the molecule is CC(N)C(C)C(=O)Nc1nc(-c2cccc(C(F)(F)F)c2)cs1.Cl. The third-order valence-electron chi connectivity index (χ3n) is 3.42. The number of amides is 1. The largest absolute Gasteiger partial charge is 0.416 e. The quantitative estimate of drug-likeness (QED) is 0.837. The summed E-state index contributed by atoms with van der Waals surface area (Å²) in [6.45, 7) is 3.42. The van der Waals surface area contributed by atoms with Crippen LogP contribution >= 0.6 is 23.7 Å². The Balaban J connectivity index is 0.00000288. The minimum atomic E-state index is -4.41.